The molecule has 0 saturated heterocycles. The number of aryl methyl sites for hydroxylation is 1. The molecule has 0 spiro atoms. The van der Waals surface area contributed by atoms with Crippen LogP contribution in [-0.2, 0) is 6.54 Å². The van der Waals surface area contributed by atoms with E-state index < -0.39 is 0 Å². The van der Waals surface area contributed by atoms with Crippen molar-refractivity contribution in [3.05, 3.63) is 35.5 Å². The predicted octanol–water partition coefficient (Wildman–Crippen LogP) is 3.11. The maximum absolute atomic E-state index is 13.2. The van der Waals surface area contributed by atoms with Gasteiger partial charge in [-0.2, -0.15) is 4.98 Å². The molecule has 0 unspecified atom stereocenters. The summed E-state index contributed by atoms with van der Waals surface area (Å²) >= 11 is 0. The van der Waals surface area contributed by atoms with Gasteiger partial charge in [0.05, 0.1) is 6.54 Å². The van der Waals surface area contributed by atoms with Crippen LogP contribution in [0.2, 0.25) is 0 Å². The zero-order valence-corrected chi connectivity index (χ0v) is 12.0. The van der Waals surface area contributed by atoms with Crippen LogP contribution in [0.5, 0.6) is 0 Å². The molecule has 1 fully saturated rings. The highest BCUT2D eigenvalue weighted by atomic mass is 35.5. The van der Waals surface area contributed by atoms with E-state index in [1.54, 1.807) is 19.1 Å². The first-order valence-electron chi connectivity index (χ1n) is 6.52. The second-order valence-corrected chi connectivity index (χ2v) is 5.05. The number of rotatable bonds is 5. The third-order valence-electron chi connectivity index (χ3n) is 3.29. The van der Waals surface area contributed by atoms with Crippen molar-refractivity contribution >= 4 is 12.4 Å². The normalized spacial score (nSPS) is 14.1. The van der Waals surface area contributed by atoms with Crippen molar-refractivity contribution in [2.45, 2.75) is 26.3 Å². The van der Waals surface area contributed by atoms with Crippen molar-refractivity contribution in [1.82, 2.24) is 15.5 Å². The number of nitrogens with one attached hydrogen (secondary N) is 1. The zero-order valence-electron chi connectivity index (χ0n) is 11.2. The molecule has 0 atom stereocenters. The van der Waals surface area contributed by atoms with Crippen LogP contribution in [0.1, 0.15) is 24.3 Å². The summed E-state index contributed by atoms with van der Waals surface area (Å²) in [5, 5.41) is 7.21. The van der Waals surface area contributed by atoms with Gasteiger partial charge in [-0.25, -0.2) is 4.39 Å². The molecule has 0 bridgehead atoms. The second-order valence-electron chi connectivity index (χ2n) is 5.05. The average Bonchev–Trinajstić information content (AvgIpc) is 3.10. The topological polar surface area (TPSA) is 51.0 Å². The van der Waals surface area contributed by atoms with Crippen LogP contribution in [-0.4, -0.2) is 16.7 Å². The molecule has 2 aromatic rings. The van der Waals surface area contributed by atoms with Gasteiger partial charge < -0.3 is 9.84 Å². The van der Waals surface area contributed by atoms with Crippen LogP contribution in [0.25, 0.3) is 11.4 Å². The standard InChI is InChI=1S/C14H16FN3O.ClH/c1-9-6-11(4-5-12(9)15)14-17-13(19-18-14)8-16-7-10-2-3-10;/h4-6,10,16H,2-3,7-8H2,1H3;1H. The van der Waals surface area contributed by atoms with Crippen molar-refractivity contribution in [3.63, 3.8) is 0 Å². The van der Waals surface area contributed by atoms with Crippen LogP contribution >= 0.6 is 12.4 Å². The molecule has 0 radical (unpaired) electrons. The van der Waals surface area contributed by atoms with Crippen LogP contribution < -0.4 is 5.32 Å². The van der Waals surface area contributed by atoms with Gasteiger partial charge in [-0.3, -0.25) is 0 Å². The van der Waals surface area contributed by atoms with E-state index in [4.69, 9.17) is 4.52 Å². The first kappa shape index (κ1) is 14.9. The van der Waals surface area contributed by atoms with E-state index >= 15 is 0 Å². The van der Waals surface area contributed by atoms with Crippen LogP contribution in [0.15, 0.2) is 22.7 Å². The van der Waals surface area contributed by atoms with Gasteiger partial charge >= 0.3 is 0 Å². The smallest absolute Gasteiger partial charge is 0.240 e. The van der Waals surface area contributed by atoms with Crippen molar-refractivity contribution in [2.75, 3.05) is 6.54 Å². The maximum Gasteiger partial charge on any atom is 0.240 e. The molecule has 4 nitrogen and oxygen atoms in total. The number of aromatic nitrogens is 2. The molecule has 0 amide bonds. The lowest BCUT2D eigenvalue weighted by molar-refractivity contribution is 0.367. The van der Waals surface area contributed by atoms with Crippen LogP contribution in [0.3, 0.4) is 0 Å². The van der Waals surface area contributed by atoms with E-state index in [2.05, 4.69) is 15.5 Å². The molecule has 20 heavy (non-hydrogen) atoms. The van der Waals surface area contributed by atoms with Gasteiger partial charge in [0.1, 0.15) is 5.82 Å². The molecule has 6 heteroatoms. The molecule has 1 heterocycles. The summed E-state index contributed by atoms with van der Waals surface area (Å²) in [7, 11) is 0. The minimum atomic E-state index is -0.224. The molecular weight excluding hydrogens is 281 g/mol. The first-order valence-corrected chi connectivity index (χ1v) is 6.52. The SMILES string of the molecule is Cc1cc(-c2noc(CNCC3CC3)n2)ccc1F.Cl. The molecule has 1 aliphatic rings. The Bertz CT molecular complexity index is 584. The molecule has 1 saturated carbocycles. The van der Waals surface area contributed by atoms with Crippen molar-refractivity contribution in [1.29, 1.82) is 0 Å². The van der Waals surface area contributed by atoms with Crippen molar-refractivity contribution < 1.29 is 8.91 Å². The highest BCUT2D eigenvalue weighted by Gasteiger charge is 2.20. The second kappa shape index (κ2) is 6.33. The van der Waals surface area contributed by atoms with Gasteiger partial charge in [-0.05, 0) is 56.0 Å². The Morgan fingerprint density at radius 3 is 2.90 bits per heavy atom. The average molecular weight is 298 g/mol. The first-order chi connectivity index (χ1) is 9.22. The quantitative estimate of drug-likeness (QED) is 0.921. The fourth-order valence-corrected chi connectivity index (χ4v) is 1.93. The maximum atomic E-state index is 13.2. The lowest BCUT2D eigenvalue weighted by atomic mass is 10.1. The summed E-state index contributed by atoms with van der Waals surface area (Å²) in [6.07, 6.45) is 2.63. The van der Waals surface area contributed by atoms with E-state index in [-0.39, 0.29) is 18.2 Å². The highest BCUT2D eigenvalue weighted by molar-refractivity contribution is 5.85. The molecule has 3 rings (SSSR count). The van der Waals surface area contributed by atoms with Crippen molar-refractivity contribution in [2.24, 2.45) is 5.92 Å². The van der Waals surface area contributed by atoms with Gasteiger partial charge in [0.15, 0.2) is 0 Å². The van der Waals surface area contributed by atoms with E-state index in [9.17, 15) is 4.39 Å². The number of hydrogen-bond donors (Lipinski definition) is 1. The van der Waals surface area contributed by atoms with Crippen LogP contribution in [0.4, 0.5) is 4.39 Å². The molecule has 0 aliphatic heterocycles. The van der Waals surface area contributed by atoms with Crippen molar-refractivity contribution in [3.8, 4) is 11.4 Å². The minimum Gasteiger partial charge on any atom is -0.338 e. The molecule has 1 aromatic heterocycles. The fraction of sp³-hybridized carbons (Fsp3) is 0.429. The predicted molar refractivity (Wildman–Crippen MR) is 76.1 cm³/mol. The summed E-state index contributed by atoms with van der Waals surface area (Å²) in [6, 6.07) is 4.81. The summed E-state index contributed by atoms with van der Waals surface area (Å²) in [4.78, 5) is 4.31. The summed E-state index contributed by atoms with van der Waals surface area (Å²) < 4.78 is 18.4. The summed E-state index contributed by atoms with van der Waals surface area (Å²) in [6.45, 7) is 3.31. The van der Waals surface area contributed by atoms with Gasteiger partial charge in [-0.1, -0.05) is 5.16 Å². The van der Waals surface area contributed by atoms with Gasteiger partial charge in [0, 0.05) is 5.56 Å². The summed E-state index contributed by atoms with van der Waals surface area (Å²) in [5.41, 5.74) is 1.35. The Morgan fingerprint density at radius 1 is 1.40 bits per heavy atom. The Balaban J connectivity index is 0.00000147. The van der Waals surface area contributed by atoms with E-state index in [1.807, 2.05) is 0 Å². The van der Waals surface area contributed by atoms with Crippen LogP contribution in [0, 0.1) is 18.7 Å². The van der Waals surface area contributed by atoms with Gasteiger partial charge in [-0.15, -0.1) is 12.4 Å². The molecule has 108 valence electrons. The third kappa shape index (κ3) is 3.55. The fourth-order valence-electron chi connectivity index (χ4n) is 1.93. The number of nitrogens with zero attached hydrogens (tertiary/aromatic N) is 2. The number of halogens is 2. The Labute approximate surface area is 123 Å². The summed E-state index contributed by atoms with van der Waals surface area (Å²) in [5.74, 6) is 1.67. The van der Waals surface area contributed by atoms with E-state index in [0.29, 0.717) is 23.8 Å². The van der Waals surface area contributed by atoms with E-state index in [0.717, 1.165) is 18.0 Å². The largest absolute Gasteiger partial charge is 0.338 e. The highest BCUT2D eigenvalue weighted by Crippen LogP contribution is 2.27. The van der Waals surface area contributed by atoms with Gasteiger partial charge in [0.25, 0.3) is 0 Å². The molecule has 1 aliphatic carbocycles. The van der Waals surface area contributed by atoms with E-state index in [1.165, 1.54) is 18.9 Å². The molecule has 1 N–H and O–H groups in total. The number of hydrogen-bond acceptors (Lipinski definition) is 4. The zero-order chi connectivity index (χ0) is 13.2. The molecule has 1 aromatic carbocycles. The Kier molecular flexibility index (Phi) is 4.73. The van der Waals surface area contributed by atoms with Gasteiger partial charge in [0.2, 0.25) is 11.7 Å². The Morgan fingerprint density at radius 2 is 2.20 bits per heavy atom. The third-order valence-corrected chi connectivity index (χ3v) is 3.29. The lowest BCUT2D eigenvalue weighted by Gasteiger charge is -1.98. The molecular formula is C14H17ClFN3O. The lowest BCUT2D eigenvalue weighted by Crippen LogP contribution is -2.16. The number of benzene rings is 1. The Hall–Kier alpha value is -1.46. The minimum absolute atomic E-state index is 0. The monoisotopic (exact) mass is 297 g/mol.